The maximum absolute atomic E-state index is 2.64. The molecule has 16 heavy (non-hydrogen) atoms. The number of hydrogen-bond acceptors (Lipinski definition) is 1. The van der Waals surface area contributed by atoms with Gasteiger partial charge in [0.15, 0.2) is 0 Å². The van der Waals surface area contributed by atoms with Crippen molar-refractivity contribution >= 4 is 0 Å². The molecule has 0 unspecified atom stereocenters. The molecule has 0 N–H and O–H groups in total. The molecule has 0 aromatic rings. The van der Waals surface area contributed by atoms with E-state index in [2.05, 4.69) is 32.6 Å². The lowest BCUT2D eigenvalue weighted by atomic mass is 9.79. The Morgan fingerprint density at radius 1 is 1.00 bits per heavy atom. The van der Waals surface area contributed by atoms with Crippen molar-refractivity contribution in [2.75, 3.05) is 13.1 Å². The number of nitrogens with zero attached hydrogens (tertiary/aromatic N) is 1. The molecule has 1 saturated heterocycles. The minimum absolute atomic E-state index is 0.747. The van der Waals surface area contributed by atoms with Gasteiger partial charge in [0.1, 0.15) is 0 Å². The highest BCUT2D eigenvalue weighted by Crippen LogP contribution is 2.31. The molecule has 1 aliphatic rings. The predicted molar refractivity (Wildman–Crippen MR) is 72.7 cm³/mol. The van der Waals surface area contributed by atoms with Gasteiger partial charge in [-0.15, -0.1) is 0 Å². The second-order valence-corrected chi connectivity index (χ2v) is 5.80. The number of likely N-dealkylation sites (tertiary alicyclic amines) is 1. The van der Waals surface area contributed by atoms with Crippen molar-refractivity contribution in [1.29, 1.82) is 0 Å². The molecule has 1 heterocycles. The Labute approximate surface area is 103 Å². The third kappa shape index (κ3) is 4.08. The first-order chi connectivity index (χ1) is 7.69. The largest absolute Gasteiger partial charge is 0.301 e. The minimum Gasteiger partial charge on any atom is -0.301 e. The van der Waals surface area contributed by atoms with Crippen LogP contribution in [0.4, 0.5) is 0 Å². The summed E-state index contributed by atoms with van der Waals surface area (Å²) in [5, 5.41) is 0. The summed E-state index contributed by atoms with van der Waals surface area (Å²) in [4.78, 5) is 2.64. The van der Waals surface area contributed by atoms with E-state index in [1.807, 2.05) is 0 Å². The molecule has 1 aliphatic heterocycles. The molecule has 0 bridgehead atoms. The maximum atomic E-state index is 2.64. The van der Waals surface area contributed by atoms with Crippen molar-refractivity contribution in [2.24, 2.45) is 11.8 Å². The van der Waals surface area contributed by atoms with Gasteiger partial charge in [-0.05, 0) is 51.6 Å². The Morgan fingerprint density at radius 3 is 1.88 bits per heavy atom. The molecular weight excluding hydrogens is 194 g/mol. The lowest BCUT2D eigenvalue weighted by Gasteiger charge is -2.38. The van der Waals surface area contributed by atoms with Gasteiger partial charge in [-0.1, -0.05) is 39.5 Å². The van der Waals surface area contributed by atoms with Crippen LogP contribution in [-0.2, 0) is 0 Å². The van der Waals surface area contributed by atoms with Gasteiger partial charge in [0.25, 0.3) is 0 Å². The smallest absolute Gasteiger partial charge is 0.00385 e. The summed E-state index contributed by atoms with van der Waals surface area (Å²) >= 11 is 0. The predicted octanol–water partition coefficient (Wildman–Crippen LogP) is 4.32. The van der Waals surface area contributed by atoms with E-state index >= 15 is 0 Å². The first-order valence-electron chi connectivity index (χ1n) is 7.43. The molecule has 1 fully saturated rings. The SMILES string of the molecule is CCCC(CCC)C1CCN(C(C)C)CC1. The van der Waals surface area contributed by atoms with Crippen LogP contribution in [0.3, 0.4) is 0 Å². The van der Waals surface area contributed by atoms with Crippen LogP contribution in [0.15, 0.2) is 0 Å². The van der Waals surface area contributed by atoms with E-state index in [1.165, 1.54) is 51.6 Å². The standard InChI is InChI=1S/C15H31N/c1-5-7-14(8-6-2)15-9-11-16(12-10-15)13(3)4/h13-15H,5-12H2,1-4H3. The second kappa shape index (κ2) is 7.32. The van der Waals surface area contributed by atoms with Gasteiger partial charge in [0.05, 0.1) is 0 Å². The van der Waals surface area contributed by atoms with E-state index in [0.29, 0.717) is 0 Å². The van der Waals surface area contributed by atoms with Crippen LogP contribution >= 0.6 is 0 Å². The Bertz CT molecular complexity index is 162. The van der Waals surface area contributed by atoms with Crippen molar-refractivity contribution in [3.05, 3.63) is 0 Å². The first kappa shape index (κ1) is 14.0. The fourth-order valence-electron chi connectivity index (χ4n) is 3.26. The number of piperidine rings is 1. The van der Waals surface area contributed by atoms with Crippen LogP contribution in [0.2, 0.25) is 0 Å². The molecule has 0 radical (unpaired) electrons. The number of hydrogen-bond donors (Lipinski definition) is 0. The third-order valence-electron chi connectivity index (χ3n) is 4.29. The molecule has 0 amide bonds. The normalized spacial score (nSPS) is 19.9. The van der Waals surface area contributed by atoms with Crippen LogP contribution in [0, 0.1) is 11.8 Å². The summed E-state index contributed by atoms with van der Waals surface area (Å²) in [7, 11) is 0. The van der Waals surface area contributed by atoms with Crippen molar-refractivity contribution in [2.45, 2.75) is 72.3 Å². The zero-order valence-corrected chi connectivity index (χ0v) is 11.8. The van der Waals surface area contributed by atoms with Gasteiger partial charge < -0.3 is 4.90 Å². The van der Waals surface area contributed by atoms with Gasteiger partial charge in [0.2, 0.25) is 0 Å². The summed E-state index contributed by atoms with van der Waals surface area (Å²) in [6.07, 6.45) is 8.55. The molecule has 1 rings (SSSR count). The molecule has 0 saturated carbocycles. The molecule has 0 aromatic carbocycles. The van der Waals surface area contributed by atoms with Gasteiger partial charge >= 0.3 is 0 Å². The third-order valence-corrected chi connectivity index (χ3v) is 4.29. The molecule has 1 nitrogen and oxygen atoms in total. The highest BCUT2D eigenvalue weighted by molar-refractivity contribution is 4.79. The topological polar surface area (TPSA) is 3.24 Å². The first-order valence-corrected chi connectivity index (χ1v) is 7.43. The van der Waals surface area contributed by atoms with Gasteiger partial charge in [-0.25, -0.2) is 0 Å². The van der Waals surface area contributed by atoms with E-state index < -0.39 is 0 Å². The second-order valence-electron chi connectivity index (χ2n) is 5.80. The van der Waals surface area contributed by atoms with Crippen molar-refractivity contribution in [3.8, 4) is 0 Å². The Kier molecular flexibility index (Phi) is 6.41. The minimum atomic E-state index is 0.747. The Morgan fingerprint density at radius 2 is 1.50 bits per heavy atom. The van der Waals surface area contributed by atoms with Gasteiger partial charge in [0, 0.05) is 6.04 Å². The Hall–Kier alpha value is -0.0400. The average Bonchev–Trinajstić information content (AvgIpc) is 2.29. The van der Waals surface area contributed by atoms with Crippen LogP contribution < -0.4 is 0 Å². The quantitative estimate of drug-likeness (QED) is 0.650. The van der Waals surface area contributed by atoms with Crippen LogP contribution in [0.5, 0.6) is 0 Å². The monoisotopic (exact) mass is 225 g/mol. The van der Waals surface area contributed by atoms with Crippen LogP contribution in [0.1, 0.15) is 66.2 Å². The van der Waals surface area contributed by atoms with E-state index in [-0.39, 0.29) is 0 Å². The lowest BCUT2D eigenvalue weighted by Crippen LogP contribution is -2.40. The fraction of sp³-hybridized carbons (Fsp3) is 1.00. The average molecular weight is 225 g/mol. The van der Waals surface area contributed by atoms with E-state index in [0.717, 1.165) is 17.9 Å². The summed E-state index contributed by atoms with van der Waals surface area (Å²) in [6, 6.07) is 0.747. The molecule has 0 spiro atoms. The highest BCUT2D eigenvalue weighted by Gasteiger charge is 2.26. The zero-order chi connectivity index (χ0) is 12.0. The van der Waals surface area contributed by atoms with Gasteiger partial charge in [-0.2, -0.15) is 0 Å². The van der Waals surface area contributed by atoms with Crippen molar-refractivity contribution in [3.63, 3.8) is 0 Å². The van der Waals surface area contributed by atoms with E-state index in [4.69, 9.17) is 0 Å². The number of rotatable bonds is 6. The summed E-state index contributed by atoms with van der Waals surface area (Å²) in [5.74, 6) is 2.04. The lowest BCUT2D eigenvalue weighted by molar-refractivity contribution is 0.113. The van der Waals surface area contributed by atoms with Crippen molar-refractivity contribution in [1.82, 2.24) is 4.90 Å². The summed E-state index contributed by atoms with van der Waals surface area (Å²) in [5.41, 5.74) is 0. The van der Waals surface area contributed by atoms with Crippen LogP contribution in [0.25, 0.3) is 0 Å². The molecule has 0 aliphatic carbocycles. The maximum Gasteiger partial charge on any atom is 0.00385 e. The molecule has 1 heteroatoms. The Balaban J connectivity index is 2.37. The van der Waals surface area contributed by atoms with Gasteiger partial charge in [-0.3, -0.25) is 0 Å². The molecular formula is C15H31N. The molecule has 96 valence electrons. The summed E-state index contributed by atoms with van der Waals surface area (Å²) < 4.78 is 0. The fourth-order valence-corrected chi connectivity index (χ4v) is 3.26. The molecule has 0 atom stereocenters. The zero-order valence-electron chi connectivity index (χ0n) is 11.8. The van der Waals surface area contributed by atoms with Crippen molar-refractivity contribution < 1.29 is 0 Å². The highest BCUT2D eigenvalue weighted by atomic mass is 15.1. The van der Waals surface area contributed by atoms with Crippen LogP contribution in [-0.4, -0.2) is 24.0 Å². The summed E-state index contributed by atoms with van der Waals surface area (Å²) in [6.45, 7) is 12.0. The van der Waals surface area contributed by atoms with E-state index in [9.17, 15) is 0 Å². The van der Waals surface area contributed by atoms with E-state index in [1.54, 1.807) is 0 Å². The molecule has 0 aromatic heterocycles.